The van der Waals surface area contributed by atoms with E-state index in [-0.39, 0.29) is 5.96 Å². The lowest BCUT2D eigenvalue weighted by Crippen LogP contribution is -2.25. The first-order chi connectivity index (χ1) is 6.57. The van der Waals surface area contributed by atoms with Gasteiger partial charge in [0.25, 0.3) is 0 Å². The summed E-state index contributed by atoms with van der Waals surface area (Å²) in [5, 5.41) is 17.2. The number of carboxylic acid groups (broad SMARTS) is 1. The van der Waals surface area contributed by atoms with E-state index in [1.807, 2.05) is 0 Å². The van der Waals surface area contributed by atoms with Crippen LogP contribution in [0.4, 0.5) is 0 Å². The van der Waals surface area contributed by atoms with Crippen molar-refractivity contribution in [2.24, 2.45) is 5.73 Å². The molecule has 5 N–H and O–H groups in total. The Kier molecular flexibility index (Phi) is 5.53. The van der Waals surface area contributed by atoms with Crippen LogP contribution >= 0.6 is 0 Å². The van der Waals surface area contributed by atoms with Crippen molar-refractivity contribution in [3.63, 3.8) is 0 Å². The van der Waals surface area contributed by atoms with Crippen LogP contribution in [0.1, 0.15) is 10.4 Å². The van der Waals surface area contributed by atoms with Crippen molar-refractivity contribution in [2.45, 2.75) is 0 Å². The van der Waals surface area contributed by atoms with Gasteiger partial charge in [0.15, 0.2) is 5.96 Å². The zero-order valence-corrected chi connectivity index (χ0v) is 7.82. The molecule has 0 radical (unpaired) electrons. The van der Waals surface area contributed by atoms with E-state index in [0.717, 1.165) is 0 Å². The van der Waals surface area contributed by atoms with Crippen molar-refractivity contribution in [1.29, 1.82) is 5.41 Å². The molecule has 0 heterocycles. The first kappa shape index (κ1) is 12.0. The molecule has 0 aromatic heterocycles. The van der Waals surface area contributed by atoms with E-state index in [2.05, 4.69) is 5.32 Å². The molecule has 14 heavy (non-hydrogen) atoms. The third-order valence-electron chi connectivity index (χ3n) is 1.29. The lowest BCUT2D eigenvalue weighted by molar-refractivity contribution is 0.0697. The summed E-state index contributed by atoms with van der Waals surface area (Å²) in [4.78, 5) is 10.2. The molecule has 76 valence electrons. The van der Waals surface area contributed by atoms with Gasteiger partial charge >= 0.3 is 5.97 Å². The Balaban J connectivity index is 0.000000292. The molecule has 0 saturated heterocycles. The topological polar surface area (TPSA) is 99.2 Å². The molecule has 0 unspecified atom stereocenters. The van der Waals surface area contributed by atoms with Crippen LogP contribution in [0.2, 0.25) is 0 Å². The molecule has 0 fully saturated rings. The standard InChI is InChI=1S/C7H6O2.C2H7N3/c8-7(9)6-4-2-1-3-5-6;1-5-2(3)4/h1-5H,(H,8,9);1H3,(H4,3,4,5). The highest BCUT2D eigenvalue weighted by Crippen LogP contribution is 1.96. The molecule has 1 aromatic rings. The second kappa shape index (κ2) is 6.47. The summed E-state index contributed by atoms with van der Waals surface area (Å²) in [6.45, 7) is 0. The van der Waals surface area contributed by atoms with Crippen LogP contribution in [0, 0.1) is 5.41 Å². The number of guanidine groups is 1. The molecule has 0 aliphatic carbocycles. The first-order valence-corrected chi connectivity index (χ1v) is 3.88. The van der Waals surface area contributed by atoms with Gasteiger partial charge in [0.2, 0.25) is 0 Å². The first-order valence-electron chi connectivity index (χ1n) is 3.88. The van der Waals surface area contributed by atoms with Crippen molar-refractivity contribution < 1.29 is 9.90 Å². The number of carbonyl (C=O) groups is 1. The van der Waals surface area contributed by atoms with Gasteiger partial charge in [0.1, 0.15) is 0 Å². The summed E-state index contributed by atoms with van der Waals surface area (Å²) in [7, 11) is 1.60. The zero-order chi connectivity index (χ0) is 11.0. The molecular formula is C9H13N3O2. The number of rotatable bonds is 1. The number of nitrogens with one attached hydrogen (secondary N) is 2. The lowest BCUT2D eigenvalue weighted by Gasteiger charge is -1.88. The van der Waals surface area contributed by atoms with Crippen LogP contribution in [-0.4, -0.2) is 24.1 Å². The smallest absolute Gasteiger partial charge is 0.335 e. The summed E-state index contributed by atoms with van der Waals surface area (Å²) in [6, 6.07) is 8.30. The van der Waals surface area contributed by atoms with E-state index in [1.165, 1.54) is 0 Å². The summed E-state index contributed by atoms with van der Waals surface area (Å²) in [5.41, 5.74) is 5.09. The SMILES string of the molecule is CNC(=N)N.O=C(O)c1ccccc1. The van der Waals surface area contributed by atoms with Crippen molar-refractivity contribution in [3.05, 3.63) is 35.9 Å². The molecule has 0 atom stereocenters. The minimum absolute atomic E-state index is 0.00463. The van der Waals surface area contributed by atoms with Crippen molar-refractivity contribution >= 4 is 11.9 Å². The minimum atomic E-state index is -0.879. The van der Waals surface area contributed by atoms with Crippen LogP contribution in [0.15, 0.2) is 30.3 Å². The quantitative estimate of drug-likeness (QED) is 0.387. The van der Waals surface area contributed by atoms with Crippen LogP contribution in [-0.2, 0) is 0 Å². The van der Waals surface area contributed by atoms with Crippen LogP contribution < -0.4 is 11.1 Å². The zero-order valence-electron chi connectivity index (χ0n) is 7.82. The highest BCUT2D eigenvalue weighted by atomic mass is 16.4. The summed E-state index contributed by atoms with van der Waals surface area (Å²) in [5.74, 6) is -0.874. The van der Waals surface area contributed by atoms with Gasteiger partial charge in [-0.05, 0) is 12.1 Å². The molecule has 0 spiro atoms. The van der Waals surface area contributed by atoms with Crippen LogP contribution in [0.5, 0.6) is 0 Å². The number of hydrogen-bond donors (Lipinski definition) is 4. The van der Waals surface area contributed by atoms with Gasteiger partial charge in [-0.1, -0.05) is 18.2 Å². The number of benzene rings is 1. The third kappa shape index (κ3) is 5.59. The Hall–Kier alpha value is -2.04. The average Bonchev–Trinajstić information content (AvgIpc) is 2.20. The third-order valence-corrected chi connectivity index (χ3v) is 1.29. The normalized spacial score (nSPS) is 8.07. The van der Waals surface area contributed by atoms with Gasteiger partial charge in [-0.2, -0.15) is 0 Å². The Bertz CT molecular complexity index is 298. The molecule has 0 saturated carbocycles. The van der Waals surface area contributed by atoms with Gasteiger partial charge in [-0.25, -0.2) is 4.79 Å². The van der Waals surface area contributed by atoms with E-state index < -0.39 is 5.97 Å². The Labute approximate surface area is 82.1 Å². The molecule has 0 amide bonds. The van der Waals surface area contributed by atoms with Crippen molar-refractivity contribution in [2.75, 3.05) is 7.05 Å². The number of aromatic carboxylic acids is 1. The van der Waals surface area contributed by atoms with Crippen molar-refractivity contribution in [1.82, 2.24) is 5.32 Å². The highest BCUT2D eigenvalue weighted by Gasteiger charge is 1.96. The lowest BCUT2D eigenvalue weighted by atomic mass is 10.2. The predicted octanol–water partition coefficient (Wildman–Crippen LogP) is 0.484. The van der Waals surface area contributed by atoms with Gasteiger partial charge < -0.3 is 16.2 Å². The van der Waals surface area contributed by atoms with Gasteiger partial charge in [-0.3, -0.25) is 5.41 Å². The van der Waals surface area contributed by atoms with Crippen LogP contribution in [0.3, 0.4) is 0 Å². The van der Waals surface area contributed by atoms with Gasteiger partial charge in [0, 0.05) is 7.05 Å². The number of carboxylic acids is 1. The van der Waals surface area contributed by atoms with E-state index in [9.17, 15) is 4.79 Å². The van der Waals surface area contributed by atoms with E-state index >= 15 is 0 Å². The fourth-order valence-electron chi connectivity index (χ4n) is 0.581. The molecule has 5 nitrogen and oxygen atoms in total. The van der Waals surface area contributed by atoms with Gasteiger partial charge in [-0.15, -0.1) is 0 Å². The maximum absolute atomic E-state index is 10.2. The van der Waals surface area contributed by atoms with E-state index in [4.69, 9.17) is 16.2 Å². The molecule has 1 rings (SSSR count). The molecule has 5 heteroatoms. The number of hydrogen-bond acceptors (Lipinski definition) is 2. The van der Waals surface area contributed by atoms with E-state index in [1.54, 1.807) is 37.4 Å². The average molecular weight is 195 g/mol. The predicted molar refractivity (Wildman–Crippen MR) is 54.4 cm³/mol. The summed E-state index contributed by atoms with van der Waals surface area (Å²) in [6.07, 6.45) is 0. The summed E-state index contributed by atoms with van der Waals surface area (Å²) >= 11 is 0. The molecule has 0 aliphatic rings. The van der Waals surface area contributed by atoms with Crippen molar-refractivity contribution in [3.8, 4) is 0 Å². The number of nitrogens with two attached hydrogens (primary N) is 1. The Morgan fingerprint density at radius 3 is 2.07 bits per heavy atom. The molecule has 1 aromatic carbocycles. The molecular weight excluding hydrogens is 182 g/mol. The maximum atomic E-state index is 10.2. The molecule has 0 aliphatic heterocycles. The maximum Gasteiger partial charge on any atom is 0.335 e. The highest BCUT2D eigenvalue weighted by molar-refractivity contribution is 5.87. The minimum Gasteiger partial charge on any atom is -0.478 e. The summed E-state index contributed by atoms with van der Waals surface area (Å²) < 4.78 is 0. The fraction of sp³-hybridized carbons (Fsp3) is 0.111. The Morgan fingerprint density at radius 1 is 1.43 bits per heavy atom. The monoisotopic (exact) mass is 195 g/mol. The largest absolute Gasteiger partial charge is 0.478 e. The molecule has 0 bridgehead atoms. The second-order valence-electron chi connectivity index (χ2n) is 2.33. The van der Waals surface area contributed by atoms with Gasteiger partial charge in [0.05, 0.1) is 5.56 Å². The fourth-order valence-corrected chi connectivity index (χ4v) is 0.581. The van der Waals surface area contributed by atoms with E-state index in [0.29, 0.717) is 5.56 Å². The second-order valence-corrected chi connectivity index (χ2v) is 2.33. The van der Waals surface area contributed by atoms with Crippen LogP contribution in [0.25, 0.3) is 0 Å². The Morgan fingerprint density at radius 2 is 1.86 bits per heavy atom.